The van der Waals surface area contributed by atoms with Gasteiger partial charge in [-0.2, -0.15) is 4.31 Å². The highest BCUT2D eigenvalue weighted by molar-refractivity contribution is 8.02. The molecule has 0 aliphatic carbocycles. The minimum absolute atomic E-state index is 0.170. The van der Waals surface area contributed by atoms with E-state index in [0.717, 1.165) is 23.6 Å². The lowest BCUT2D eigenvalue weighted by molar-refractivity contribution is -0.115. The maximum atomic E-state index is 12.6. The quantitative estimate of drug-likeness (QED) is 0.734. The first-order valence-corrected chi connectivity index (χ1v) is 11.5. The largest absolute Gasteiger partial charge is 0.325 e. The SMILES string of the molecule is C[C@H](Sc1nncs1)C(=O)Nc1ccc(S(=O)(=O)N2CCCCC2)cc1. The molecule has 0 saturated carbocycles. The lowest BCUT2D eigenvalue weighted by atomic mass is 10.2. The van der Waals surface area contributed by atoms with Crippen LogP contribution in [0, 0.1) is 0 Å². The topological polar surface area (TPSA) is 92.3 Å². The van der Waals surface area contributed by atoms with Gasteiger partial charge in [-0.15, -0.1) is 10.2 Å². The van der Waals surface area contributed by atoms with Crippen molar-refractivity contribution in [2.75, 3.05) is 18.4 Å². The standard InChI is InChI=1S/C16H20N4O3S3/c1-12(25-16-19-17-11-24-16)15(21)18-13-5-7-14(8-6-13)26(22,23)20-9-3-2-4-10-20/h5-8,11-12H,2-4,9-10H2,1H3,(H,18,21)/t12-/m0/s1. The van der Waals surface area contributed by atoms with Crippen molar-refractivity contribution in [3.63, 3.8) is 0 Å². The Labute approximate surface area is 161 Å². The molecule has 1 fully saturated rings. The van der Waals surface area contributed by atoms with Crippen molar-refractivity contribution in [1.82, 2.24) is 14.5 Å². The Kier molecular flexibility index (Phi) is 6.28. The van der Waals surface area contributed by atoms with Crippen LogP contribution in [0.15, 0.2) is 39.0 Å². The van der Waals surface area contributed by atoms with Gasteiger partial charge in [-0.3, -0.25) is 4.79 Å². The number of thioether (sulfide) groups is 1. The van der Waals surface area contributed by atoms with Crippen molar-refractivity contribution in [2.45, 2.75) is 40.7 Å². The number of aromatic nitrogens is 2. The highest BCUT2D eigenvalue weighted by atomic mass is 32.2. The number of amides is 1. The molecule has 1 atom stereocenters. The summed E-state index contributed by atoms with van der Waals surface area (Å²) >= 11 is 2.72. The number of hydrogen-bond acceptors (Lipinski definition) is 7. The zero-order valence-corrected chi connectivity index (χ0v) is 16.7. The summed E-state index contributed by atoms with van der Waals surface area (Å²) in [4.78, 5) is 12.5. The lowest BCUT2D eigenvalue weighted by Gasteiger charge is -2.25. The molecule has 140 valence electrons. The highest BCUT2D eigenvalue weighted by Crippen LogP contribution is 2.26. The van der Waals surface area contributed by atoms with Crippen molar-refractivity contribution >= 4 is 44.7 Å². The molecule has 2 heterocycles. The molecule has 3 rings (SSSR count). The lowest BCUT2D eigenvalue weighted by Crippen LogP contribution is -2.35. The molecule has 1 aromatic carbocycles. The van der Waals surface area contributed by atoms with E-state index in [1.807, 2.05) is 0 Å². The Morgan fingerprint density at radius 1 is 1.23 bits per heavy atom. The van der Waals surface area contributed by atoms with E-state index in [9.17, 15) is 13.2 Å². The average Bonchev–Trinajstić information content (AvgIpc) is 3.16. The molecule has 1 N–H and O–H groups in total. The number of piperidine rings is 1. The van der Waals surface area contributed by atoms with Gasteiger partial charge in [-0.05, 0) is 44.0 Å². The molecule has 1 amide bonds. The number of anilines is 1. The Bertz CT molecular complexity index is 832. The van der Waals surface area contributed by atoms with E-state index in [1.165, 1.54) is 27.4 Å². The smallest absolute Gasteiger partial charge is 0.243 e. The van der Waals surface area contributed by atoms with E-state index in [1.54, 1.807) is 36.7 Å². The summed E-state index contributed by atoms with van der Waals surface area (Å²) in [6.07, 6.45) is 2.87. The Balaban J connectivity index is 1.62. The summed E-state index contributed by atoms with van der Waals surface area (Å²) in [5, 5.41) is 10.1. The summed E-state index contributed by atoms with van der Waals surface area (Å²) in [6.45, 7) is 2.93. The zero-order valence-electron chi connectivity index (χ0n) is 14.3. The van der Waals surface area contributed by atoms with E-state index in [-0.39, 0.29) is 16.1 Å². The molecule has 26 heavy (non-hydrogen) atoms. The van der Waals surface area contributed by atoms with Gasteiger partial charge in [0.1, 0.15) is 5.51 Å². The minimum atomic E-state index is -3.46. The van der Waals surface area contributed by atoms with Crippen LogP contribution < -0.4 is 5.32 Å². The number of carbonyl (C=O) groups is 1. The molecule has 0 bridgehead atoms. The van der Waals surface area contributed by atoms with Crippen molar-refractivity contribution in [3.8, 4) is 0 Å². The summed E-state index contributed by atoms with van der Waals surface area (Å²) in [5.41, 5.74) is 2.19. The summed E-state index contributed by atoms with van der Waals surface area (Å²) < 4.78 is 27.5. The second-order valence-electron chi connectivity index (χ2n) is 5.94. The van der Waals surface area contributed by atoms with Gasteiger partial charge < -0.3 is 5.32 Å². The van der Waals surface area contributed by atoms with Crippen LogP contribution in [-0.2, 0) is 14.8 Å². The molecule has 1 aliphatic rings. The van der Waals surface area contributed by atoms with Gasteiger partial charge in [0, 0.05) is 18.8 Å². The Hall–Kier alpha value is -1.49. The van der Waals surface area contributed by atoms with Crippen molar-refractivity contribution in [2.24, 2.45) is 0 Å². The fraction of sp³-hybridized carbons (Fsp3) is 0.438. The summed E-state index contributed by atoms with van der Waals surface area (Å²) in [6, 6.07) is 6.33. The van der Waals surface area contributed by atoms with E-state index < -0.39 is 10.0 Å². The zero-order chi connectivity index (χ0) is 18.6. The van der Waals surface area contributed by atoms with Crippen molar-refractivity contribution in [1.29, 1.82) is 0 Å². The molecular weight excluding hydrogens is 392 g/mol. The van der Waals surface area contributed by atoms with Crippen LogP contribution in [0.3, 0.4) is 0 Å². The summed E-state index contributed by atoms with van der Waals surface area (Å²) in [5.74, 6) is -0.170. The van der Waals surface area contributed by atoms with Crippen LogP contribution in [0.5, 0.6) is 0 Å². The van der Waals surface area contributed by atoms with Crippen LogP contribution in [0.2, 0.25) is 0 Å². The molecule has 0 unspecified atom stereocenters. The molecule has 2 aromatic rings. The van der Waals surface area contributed by atoms with Crippen LogP contribution in [0.1, 0.15) is 26.2 Å². The van der Waals surface area contributed by atoms with Crippen LogP contribution in [-0.4, -0.2) is 47.2 Å². The fourth-order valence-electron chi connectivity index (χ4n) is 2.63. The maximum absolute atomic E-state index is 12.6. The number of sulfonamides is 1. The van der Waals surface area contributed by atoms with Crippen molar-refractivity contribution in [3.05, 3.63) is 29.8 Å². The number of nitrogens with one attached hydrogen (secondary N) is 1. The third-order valence-electron chi connectivity index (χ3n) is 4.06. The molecule has 1 saturated heterocycles. The van der Waals surface area contributed by atoms with E-state index in [4.69, 9.17) is 0 Å². The third-order valence-corrected chi connectivity index (χ3v) is 7.89. The van der Waals surface area contributed by atoms with Crippen LogP contribution in [0.4, 0.5) is 5.69 Å². The van der Waals surface area contributed by atoms with E-state index >= 15 is 0 Å². The van der Waals surface area contributed by atoms with Gasteiger partial charge in [0.05, 0.1) is 10.1 Å². The number of nitrogens with zero attached hydrogens (tertiary/aromatic N) is 3. The average molecular weight is 413 g/mol. The second-order valence-corrected chi connectivity index (χ2v) is 10.3. The van der Waals surface area contributed by atoms with Gasteiger partial charge in [0.25, 0.3) is 0 Å². The van der Waals surface area contributed by atoms with Gasteiger partial charge in [-0.1, -0.05) is 29.5 Å². The van der Waals surface area contributed by atoms with Gasteiger partial charge in [0.15, 0.2) is 4.34 Å². The first-order valence-electron chi connectivity index (χ1n) is 8.31. The first kappa shape index (κ1) is 19.3. The van der Waals surface area contributed by atoms with Gasteiger partial charge in [-0.25, -0.2) is 8.42 Å². The molecule has 1 aromatic heterocycles. The van der Waals surface area contributed by atoms with Gasteiger partial charge in [0.2, 0.25) is 15.9 Å². The minimum Gasteiger partial charge on any atom is -0.325 e. The third kappa shape index (κ3) is 4.61. The molecule has 1 aliphatic heterocycles. The predicted molar refractivity (Wildman–Crippen MR) is 103 cm³/mol. The number of carbonyl (C=O) groups excluding carboxylic acids is 1. The van der Waals surface area contributed by atoms with E-state index in [0.29, 0.717) is 18.8 Å². The summed E-state index contributed by atoms with van der Waals surface area (Å²) in [7, 11) is -3.46. The fourth-order valence-corrected chi connectivity index (χ4v) is 5.77. The Morgan fingerprint density at radius 3 is 2.54 bits per heavy atom. The molecule has 7 nitrogen and oxygen atoms in total. The molecular formula is C16H20N4O3S3. The molecule has 0 radical (unpaired) electrons. The molecule has 0 spiro atoms. The van der Waals surface area contributed by atoms with Crippen LogP contribution >= 0.6 is 23.1 Å². The first-order chi connectivity index (χ1) is 12.5. The molecule has 10 heteroatoms. The normalized spacial score (nSPS) is 17.0. The highest BCUT2D eigenvalue weighted by Gasteiger charge is 2.25. The number of hydrogen-bond donors (Lipinski definition) is 1. The van der Waals surface area contributed by atoms with E-state index in [2.05, 4.69) is 15.5 Å². The van der Waals surface area contributed by atoms with Gasteiger partial charge >= 0.3 is 0 Å². The maximum Gasteiger partial charge on any atom is 0.243 e. The Morgan fingerprint density at radius 2 is 1.92 bits per heavy atom. The number of rotatable bonds is 6. The monoisotopic (exact) mass is 412 g/mol. The van der Waals surface area contributed by atoms with Crippen LogP contribution in [0.25, 0.3) is 0 Å². The van der Waals surface area contributed by atoms with Crippen molar-refractivity contribution < 1.29 is 13.2 Å². The number of benzene rings is 1. The predicted octanol–water partition coefficient (Wildman–Crippen LogP) is 2.83. The second kappa shape index (κ2) is 8.47.